The van der Waals surface area contributed by atoms with Crippen molar-refractivity contribution in [3.05, 3.63) is 182 Å². The van der Waals surface area contributed by atoms with Crippen molar-refractivity contribution in [1.82, 2.24) is 0 Å². The molecule has 0 radical (unpaired) electrons. The van der Waals surface area contributed by atoms with Gasteiger partial charge < -0.3 is 0 Å². The molecule has 0 aliphatic rings. The van der Waals surface area contributed by atoms with E-state index < -0.39 is 0 Å². The van der Waals surface area contributed by atoms with Crippen LogP contribution in [-0.4, -0.2) is 0 Å². The largest absolute Gasteiger partial charge is 0.135 e. The van der Waals surface area contributed by atoms with Gasteiger partial charge >= 0.3 is 0 Å². The van der Waals surface area contributed by atoms with Gasteiger partial charge in [0.05, 0.1) is 0 Å². The van der Waals surface area contributed by atoms with Crippen LogP contribution in [-0.2, 0) is 0 Å². The van der Waals surface area contributed by atoms with Gasteiger partial charge in [0.25, 0.3) is 0 Å². The molecule has 0 N–H and O–H groups in total. The van der Waals surface area contributed by atoms with E-state index in [-0.39, 0.29) is 0 Å². The van der Waals surface area contributed by atoms with Gasteiger partial charge in [-0.2, -0.15) is 0 Å². The van der Waals surface area contributed by atoms with Crippen LogP contribution in [0.15, 0.2) is 182 Å². The molecule has 0 bridgehead atoms. The van der Waals surface area contributed by atoms with E-state index in [9.17, 15) is 0 Å². The lowest BCUT2D eigenvalue weighted by atomic mass is 9.84. The van der Waals surface area contributed by atoms with Crippen LogP contribution < -0.4 is 0 Å². The van der Waals surface area contributed by atoms with Crippen LogP contribution in [0.2, 0.25) is 0 Å². The molecule has 0 saturated heterocycles. The van der Waals surface area contributed by atoms with Gasteiger partial charge in [-0.1, -0.05) is 164 Å². The molecule has 0 unspecified atom stereocenters. The molecule has 0 aliphatic heterocycles. The first kappa shape index (κ1) is 30.2. The summed E-state index contributed by atoms with van der Waals surface area (Å²) in [7, 11) is 0. The fraction of sp³-hybridized carbons (Fsp3) is 0. The van der Waals surface area contributed by atoms with Gasteiger partial charge in [0.1, 0.15) is 0 Å². The number of thiophene rings is 2. The molecule has 0 atom stereocenters. The van der Waals surface area contributed by atoms with Gasteiger partial charge in [-0.15, -0.1) is 22.7 Å². The molecular weight excluding hydrogens is 689 g/mol. The molecule has 0 spiro atoms. The van der Waals surface area contributed by atoms with Crippen LogP contribution in [0, 0.1) is 0 Å². The van der Waals surface area contributed by atoms with Gasteiger partial charge in [0.2, 0.25) is 0 Å². The smallest absolute Gasteiger partial charge is 0.0448 e. The first-order valence-corrected chi connectivity index (χ1v) is 20.1. The third-order valence-electron chi connectivity index (χ3n) is 11.5. The van der Waals surface area contributed by atoms with E-state index in [1.54, 1.807) is 0 Å². The second kappa shape index (κ2) is 11.6. The van der Waals surface area contributed by atoms with Crippen molar-refractivity contribution in [3.8, 4) is 33.4 Å². The second-order valence-corrected chi connectivity index (χ2v) is 16.5. The molecule has 10 aromatic carbocycles. The lowest BCUT2D eigenvalue weighted by Gasteiger charge is -2.19. The van der Waals surface area contributed by atoms with E-state index in [0.717, 1.165) is 0 Å². The molecule has 2 heterocycles. The predicted octanol–water partition coefficient (Wildman–Crippen LogP) is 16.0. The Morgan fingerprint density at radius 3 is 1.56 bits per heavy atom. The van der Waals surface area contributed by atoms with Crippen LogP contribution in [0.1, 0.15) is 0 Å². The Morgan fingerprint density at radius 2 is 0.815 bits per heavy atom. The highest BCUT2D eigenvalue weighted by molar-refractivity contribution is 7.30. The monoisotopic (exact) mass is 718 g/mol. The zero-order valence-electron chi connectivity index (χ0n) is 29.1. The van der Waals surface area contributed by atoms with Crippen molar-refractivity contribution in [3.63, 3.8) is 0 Å². The van der Waals surface area contributed by atoms with Crippen molar-refractivity contribution in [2.24, 2.45) is 0 Å². The molecule has 0 fully saturated rings. The maximum atomic E-state index is 2.40. The van der Waals surface area contributed by atoms with Gasteiger partial charge in [-0.3, -0.25) is 0 Å². The number of fused-ring (bicyclic) bond motifs is 12. The Balaban J connectivity index is 1.01. The number of hydrogen-bond acceptors (Lipinski definition) is 2. The van der Waals surface area contributed by atoms with Crippen molar-refractivity contribution >= 4 is 106 Å². The average Bonchev–Trinajstić information content (AvgIpc) is 3.81. The third kappa shape index (κ3) is 4.36. The summed E-state index contributed by atoms with van der Waals surface area (Å²) in [5.74, 6) is 0. The topological polar surface area (TPSA) is 0 Å². The normalized spacial score (nSPS) is 12.1. The van der Waals surface area contributed by atoms with E-state index >= 15 is 0 Å². The lowest BCUT2D eigenvalue weighted by molar-refractivity contribution is 1.64. The van der Waals surface area contributed by atoms with Gasteiger partial charge in [-0.05, 0) is 94.7 Å². The average molecular weight is 719 g/mol. The van der Waals surface area contributed by atoms with Gasteiger partial charge in [-0.25, -0.2) is 0 Å². The lowest BCUT2D eigenvalue weighted by Crippen LogP contribution is -1.91. The highest BCUT2D eigenvalue weighted by Gasteiger charge is 2.19. The van der Waals surface area contributed by atoms with Crippen LogP contribution in [0.25, 0.3) is 117 Å². The zero-order chi connectivity index (χ0) is 35.3. The maximum absolute atomic E-state index is 2.40. The van der Waals surface area contributed by atoms with Crippen LogP contribution in [0.4, 0.5) is 0 Å². The molecule has 0 nitrogen and oxygen atoms in total. The van der Waals surface area contributed by atoms with E-state index in [1.807, 2.05) is 22.7 Å². The number of rotatable bonds is 3. The molecule has 12 rings (SSSR count). The number of benzene rings is 10. The summed E-state index contributed by atoms with van der Waals surface area (Å²) in [6.07, 6.45) is 0. The molecular formula is C52H30S2. The number of hydrogen-bond donors (Lipinski definition) is 0. The third-order valence-corrected chi connectivity index (χ3v) is 13.8. The predicted molar refractivity (Wildman–Crippen MR) is 239 cm³/mol. The van der Waals surface area contributed by atoms with Crippen molar-refractivity contribution in [1.29, 1.82) is 0 Å². The minimum Gasteiger partial charge on any atom is -0.135 e. The molecule has 0 aliphatic carbocycles. The van der Waals surface area contributed by atoms with Crippen LogP contribution in [0.3, 0.4) is 0 Å². The summed E-state index contributed by atoms with van der Waals surface area (Å²) < 4.78 is 5.45. The van der Waals surface area contributed by atoms with Crippen LogP contribution >= 0.6 is 22.7 Å². The SMILES string of the molecule is c1ccc2c(-c3c4ccccc4c(-c4ccc(-c5ccc6c(c5)sc5c6ccc6sc7ccc8ccccc8c7c65)cc4)c4ccccc34)cccc2c1. The Labute approximate surface area is 319 Å². The molecule has 0 saturated carbocycles. The Bertz CT molecular complexity index is 3430. The van der Waals surface area contributed by atoms with Crippen molar-refractivity contribution in [2.45, 2.75) is 0 Å². The maximum Gasteiger partial charge on any atom is 0.0448 e. The summed E-state index contributed by atoms with van der Waals surface area (Å²) >= 11 is 3.85. The fourth-order valence-corrected chi connectivity index (χ4v) is 11.5. The first-order chi connectivity index (χ1) is 26.8. The summed E-state index contributed by atoms with van der Waals surface area (Å²) in [6, 6.07) is 67.7. The Hall–Kier alpha value is -6.32. The summed E-state index contributed by atoms with van der Waals surface area (Å²) in [6.45, 7) is 0. The molecule has 250 valence electrons. The molecule has 0 amide bonds. The second-order valence-electron chi connectivity index (χ2n) is 14.3. The standard InChI is InChI=1S/C52H30S2/c1-3-13-36-32(10-1)12-9-19-39(36)49-42-17-7-5-15-40(42)48(41-16-6-8-18-43(41)49)34-22-20-31(21-23-34)35-24-26-38-44-27-29-46-51(52(44)54-47(38)30-35)50-37-14-4-2-11-33(37)25-28-45(50)53-46/h1-30H. The minimum absolute atomic E-state index is 1.23. The Kier molecular flexibility index (Phi) is 6.48. The van der Waals surface area contributed by atoms with E-state index in [0.29, 0.717) is 0 Å². The van der Waals surface area contributed by atoms with Crippen molar-refractivity contribution in [2.75, 3.05) is 0 Å². The van der Waals surface area contributed by atoms with Crippen LogP contribution in [0.5, 0.6) is 0 Å². The fourth-order valence-electron chi connectivity index (χ4n) is 9.04. The summed E-state index contributed by atoms with van der Waals surface area (Å²) in [5, 5.41) is 15.8. The van der Waals surface area contributed by atoms with E-state index in [1.165, 1.54) is 117 Å². The summed E-state index contributed by atoms with van der Waals surface area (Å²) in [4.78, 5) is 0. The zero-order valence-corrected chi connectivity index (χ0v) is 30.8. The molecule has 2 aromatic heterocycles. The highest BCUT2D eigenvalue weighted by atomic mass is 32.1. The molecule has 2 heteroatoms. The highest BCUT2D eigenvalue weighted by Crippen LogP contribution is 2.48. The van der Waals surface area contributed by atoms with E-state index in [4.69, 9.17) is 0 Å². The van der Waals surface area contributed by atoms with Gasteiger partial charge in [0.15, 0.2) is 0 Å². The minimum atomic E-state index is 1.23. The Morgan fingerprint density at radius 1 is 0.278 bits per heavy atom. The van der Waals surface area contributed by atoms with E-state index in [2.05, 4.69) is 182 Å². The first-order valence-electron chi connectivity index (χ1n) is 18.5. The molecule has 54 heavy (non-hydrogen) atoms. The van der Waals surface area contributed by atoms with Gasteiger partial charge in [0, 0.05) is 40.3 Å². The van der Waals surface area contributed by atoms with Crippen molar-refractivity contribution < 1.29 is 0 Å². The quantitative estimate of drug-likeness (QED) is 0.160. The molecule has 12 aromatic rings. The summed E-state index contributed by atoms with van der Waals surface area (Å²) in [5.41, 5.74) is 7.58.